The summed E-state index contributed by atoms with van der Waals surface area (Å²) in [4.78, 5) is 2.38. The Hall–Kier alpha value is -0.203. The number of rotatable bonds is 10. The molecule has 5 heteroatoms. The number of epoxide rings is 1. The third-order valence-corrected chi connectivity index (χ3v) is 6.21. The van der Waals surface area contributed by atoms with Crippen LogP contribution in [0.4, 0.5) is 0 Å². The van der Waals surface area contributed by atoms with Gasteiger partial charge in [-0.25, -0.2) is 0 Å². The van der Waals surface area contributed by atoms with E-state index >= 15 is 0 Å². The van der Waals surface area contributed by atoms with Crippen LogP contribution < -0.4 is 0 Å². The normalized spacial score (nSPS) is 19.6. The van der Waals surface area contributed by atoms with Crippen molar-refractivity contribution in [3.8, 4) is 0 Å². The van der Waals surface area contributed by atoms with Gasteiger partial charge < -0.3 is 13.6 Å². The first-order valence-electron chi connectivity index (χ1n) is 6.18. The van der Waals surface area contributed by atoms with E-state index in [1.54, 1.807) is 14.2 Å². The first-order chi connectivity index (χ1) is 8.13. The maximum absolute atomic E-state index is 5.48. The highest BCUT2D eigenvalue weighted by Gasteiger charge is 2.29. The Labute approximate surface area is 106 Å². The summed E-state index contributed by atoms with van der Waals surface area (Å²) in [7, 11) is 1.60. The monoisotopic (exact) mass is 259 g/mol. The van der Waals surface area contributed by atoms with Crippen LogP contribution in [0.3, 0.4) is 0 Å². The Morgan fingerprint density at radius 2 is 2.12 bits per heavy atom. The minimum absolute atomic E-state index is 0.448. The highest BCUT2D eigenvalue weighted by Crippen LogP contribution is 2.16. The average molecular weight is 259 g/mol. The van der Waals surface area contributed by atoms with Gasteiger partial charge in [-0.05, 0) is 25.6 Å². The minimum atomic E-state index is -1.90. The largest absolute Gasteiger partial charge is 0.398 e. The molecule has 0 aromatic rings. The molecule has 100 valence electrons. The van der Waals surface area contributed by atoms with Crippen molar-refractivity contribution in [1.29, 1.82) is 0 Å². The predicted octanol–water partition coefficient (Wildman–Crippen LogP) is 1.63. The molecule has 0 radical (unpaired) electrons. The molecule has 4 nitrogen and oxygen atoms in total. The van der Waals surface area contributed by atoms with Gasteiger partial charge >= 0.3 is 8.56 Å². The van der Waals surface area contributed by atoms with Gasteiger partial charge in [0.05, 0.1) is 12.7 Å². The van der Waals surface area contributed by atoms with E-state index in [1.165, 1.54) is 0 Å². The summed E-state index contributed by atoms with van der Waals surface area (Å²) in [5, 5.41) is 0. The van der Waals surface area contributed by atoms with Crippen molar-refractivity contribution in [2.45, 2.75) is 25.1 Å². The van der Waals surface area contributed by atoms with E-state index in [1.807, 2.05) is 6.08 Å². The number of hydrogen-bond acceptors (Lipinski definition) is 4. The summed E-state index contributed by atoms with van der Waals surface area (Å²) in [6.07, 6.45) is 3.50. The lowest BCUT2D eigenvalue weighted by atomic mass is 10.3. The van der Waals surface area contributed by atoms with Crippen molar-refractivity contribution in [1.82, 2.24) is 4.90 Å². The summed E-state index contributed by atoms with van der Waals surface area (Å²) in [5.74, 6) is 0. The van der Waals surface area contributed by atoms with Crippen LogP contribution in [0.25, 0.3) is 0 Å². The molecular weight excluding hydrogens is 234 g/mol. The molecule has 1 atom stereocenters. The number of hydrogen-bond donors (Lipinski definition) is 0. The van der Waals surface area contributed by atoms with Gasteiger partial charge in [0.25, 0.3) is 0 Å². The van der Waals surface area contributed by atoms with E-state index in [-0.39, 0.29) is 0 Å². The Balaban J connectivity index is 2.22. The lowest BCUT2D eigenvalue weighted by molar-refractivity contribution is 0.236. The smallest absolute Gasteiger partial charge is 0.334 e. The van der Waals surface area contributed by atoms with Crippen molar-refractivity contribution in [2.75, 3.05) is 40.5 Å². The zero-order valence-electron chi connectivity index (χ0n) is 11.3. The van der Waals surface area contributed by atoms with E-state index in [0.717, 1.165) is 38.7 Å². The lowest BCUT2D eigenvalue weighted by Gasteiger charge is -2.25. The lowest BCUT2D eigenvalue weighted by Crippen LogP contribution is -2.37. The van der Waals surface area contributed by atoms with Crippen LogP contribution in [-0.4, -0.2) is 60.0 Å². The van der Waals surface area contributed by atoms with Crippen LogP contribution in [0, 0.1) is 0 Å². The predicted molar refractivity (Wildman–Crippen MR) is 71.4 cm³/mol. The highest BCUT2D eigenvalue weighted by molar-refractivity contribution is 6.65. The van der Waals surface area contributed by atoms with Gasteiger partial charge in [-0.3, -0.25) is 4.90 Å². The SMILES string of the molecule is C=CCN(CCC[Si](C)(OC)OC)CC1CO1. The fourth-order valence-electron chi connectivity index (χ4n) is 1.81. The maximum atomic E-state index is 5.48. The second-order valence-electron chi connectivity index (χ2n) is 4.65. The van der Waals surface area contributed by atoms with Crippen molar-refractivity contribution in [2.24, 2.45) is 0 Å². The second kappa shape index (κ2) is 7.28. The Morgan fingerprint density at radius 1 is 1.47 bits per heavy atom. The molecule has 0 spiro atoms. The van der Waals surface area contributed by atoms with E-state index < -0.39 is 8.56 Å². The average Bonchev–Trinajstić information content (AvgIpc) is 3.13. The van der Waals surface area contributed by atoms with Crippen LogP contribution in [0.1, 0.15) is 6.42 Å². The summed E-state index contributed by atoms with van der Waals surface area (Å²) in [5.41, 5.74) is 0. The summed E-state index contributed by atoms with van der Waals surface area (Å²) in [6, 6.07) is 1.03. The summed E-state index contributed by atoms with van der Waals surface area (Å²) >= 11 is 0. The van der Waals surface area contributed by atoms with Crippen LogP contribution in [0.15, 0.2) is 12.7 Å². The Bertz CT molecular complexity index is 230. The molecular formula is C12H25NO3Si. The van der Waals surface area contributed by atoms with Gasteiger partial charge in [-0.2, -0.15) is 0 Å². The topological polar surface area (TPSA) is 34.2 Å². The zero-order chi connectivity index (χ0) is 12.7. The minimum Gasteiger partial charge on any atom is -0.398 e. The summed E-state index contributed by atoms with van der Waals surface area (Å²) in [6.45, 7) is 9.82. The molecule has 0 N–H and O–H groups in total. The molecule has 1 heterocycles. The maximum Gasteiger partial charge on any atom is 0.334 e. The van der Waals surface area contributed by atoms with E-state index in [4.69, 9.17) is 13.6 Å². The molecule has 0 amide bonds. The van der Waals surface area contributed by atoms with E-state index in [9.17, 15) is 0 Å². The first-order valence-corrected chi connectivity index (χ1v) is 8.71. The first kappa shape index (κ1) is 14.9. The Kier molecular flexibility index (Phi) is 6.36. The molecule has 1 unspecified atom stereocenters. The van der Waals surface area contributed by atoms with Gasteiger partial charge in [0.2, 0.25) is 0 Å². The van der Waals surface area contributed by atoms with Crippen LogP contribution in [0.5, 0.6) is 0 Å². The van der Waals surface area contributed by atoms with Crippen LogP contribution in [-0.2, 0) is 13.6 Å². The summed E-state index contributed by atoms with van der Waals surface area (Å²) < 4.78 is 16.2. The Morgan fingerprint density at radius 3 is 2.59 bits per heavy atom. The van der Waals surface area contributed by atoms with Crippen molar-refractivity contribution in [3.63, 3.8) is 0 Å². The number of ether oxygens (including phenoxy) is 1. The third-order valence-electron chi connectivity index (χ3n) is 3.22. The van der Waals surface area contributed by atoms with Crippen LogP contribution in [0.2, 0.25) is 12.6 Å². The van der Waals surface area contributed by atoms with Gasteiger partial charge in [0, 0.05) is 27.3 Å². The molecule has 0 aromatic heterocycles. The fraction of sp³-hybridized carbons (Fsp3) is 0.833. The third kappa shape index (κ3) is 5.79. The van der Waals surface area contributed by atoms with E-state index in [0.29, 0.717) is 6.10 Å². The molecule has 0 aliphatic carbocycles. The molecule has 1 saturated heterocycles. The number of nitrogens with zero attached hydrogens (tertiary/aromatic N) is 1. The zero-order valence-corrected chi connectivity index (χ0v) is 12.3. The molecule has 0 saturated carbocycles. The van der Waals surface area contributed by atoms with E-state index in [2.05, 4.69) is 18.0 Å². The van der Waals surface area contributed by atoms with Gasteiger partial charge in [-0.1, -0.05) is 6.08 Å². The van der Waals surface area contributed by atoms with Gasteiger partial charge in [0.1, 0.15) is 0 Å². The quantitative estimate of drug-likeness (QED) is 0.339. The molecule has 1 rings (SSSR count). The van der Waals surface area contributed by atoms with Crippen LogP contribution >= 0.6 is 0 Å². The molecule has 17 heavy (non-hydrogen) atoms. The molecule has 1 aliphatic rings. The molecule has 1 fully saturated rings. The standard InChI is InChI=1S/C12H25NO3Si/c1-5-7-13(10-12-11-16-12)8-6-9-17(4,14-2)15-3/h5,12H,1,6-11H2,2-4H3. The second-order valence-corrected chi connectivity index (χ2v) is 8.23. The molecule has 0 bridgehead atoms. The van der Waals surface area contributed by atoms with Crippen molar-refractivity contribution >= 4 is 8.56 Å². The molecule has 1 aliphatic heterocycles. The van der Waals surface area contributed by atoms with Gasteiger partial charge in [-0.15, -0.1) is 6.58 Å². The fourth-order valence-corrected chi connectivity index (χ4v) is 3.19. The van der Waals surface area contributed by atoms with Crippen molar-refractivity contribution < 1.29 is 13.6 Å². The van der Waals surface area contributed by atoms with Gasteiger partial charge in [0.15, 0.2) is 0 Å². The highest BCUT2D eigenvalue weighted by atomic mass is 28.4. The molecule has 0 aromatic carbocycles. The van der Waals surface area contributed by atoms with Crippen molar-refractivity contribution in [3.05, 3.63) is 12.7 Å².